The van der Waals surface area contributed by atoms with E-state index in [-0.39, 0.29) is 5.75 Å². The number of hydrogen-bond acceptors (Lipinski definition) is 4. The van der Waals surface area contributed by atoms with Crippen LogP contribution in [0.4, 0.5) is 0 Å². The quantitative estimate of drug-likeness (QED) is 0.897. The maximum Gasteiger partial charge on any atom is 0.187 e. The number of thiophene rings is 1. The van der Waals surface area contributed by atoms with E-state index in [4.69, 9.17) is 0 Å². The molecule has 0 aliphatic carbocycles. The van der Waals surface area contributed by atoms with E-state index in [2.05, 4.69) is 12.2 Å². The second-order valence-electron chi connectivity index (χ2n) is 4.61. The molecule has 0 radical (unpaired) electrons. The molecule has 2 heterocycles. The number of sulfone groups is 1. The second-order valence-corrected chi connectivity index (χ2v) is 8.19. The van der Waals surface area contributed by atoms with Gasteiger partial charge in [0.25, 0.3) is 0 Å². The van der Waals surface area contributed by atoms with E-state index in [1.165, 1.54) is 21.8 Å². The van der Waals surface area contributed by atoms with E-state index >= 15 is 0 Å². The lowest BCUT2D eigenvalue weighted by Crippen LogP contribution is -2.19. The highest BCUT2D eigenvalue weighted by Gasteiger charge is 2.26. The molecule has 1 aromatic rings. The molecular weight excluding hydrogens is 254 g/mol. The van der Waals surface area contributed by atoms with Gasteiger partial charge in [0.15, 0.2) is 9.84 Å². The van der Waals surface area contributed by atoms with E-state index in [1.54, 1.807) is 6.92 Å². The molecule has 0 amide bonds. The van der Waals surface area contributed by atoms with Gasteiger partial charge in [-0.3, -0.25) is 0 Å². The predicted molar refractivity (Wildman–Crippen MR) is 71.8 cm³/mol. The van der Waals surface area contributed by atoms with Crippen molar-refractivity contribution in [2.45, 2.75) is 37.3 Å². The Morgan fingerprint density at radius 1 is 1.47 bits per heavy atom. The Morgan fingerprint density at radius 2 is 2.18 bits per heavy atom. The molecule has 0 saturated carbocycles. The maximum absolute atomic E-state index is 12.0. The molecule has 1 aromatic heterocycles. The Bertz CT molecular complexity index is 517. The summed E-state index contributed by atoms with van der Waals surface area (Å²) in [6.45, 7) is 7.72. The molecule has 3 nitrogen and oxygen atoms in total. The zero-order valence-corrected chi connectivity index (χ0v) is 12.2. The Labute approximate surface area is 107 Å². The number of nitrogens with one attached hydrogen (secondary N) is 1. The summed E-state index contributed by atoms with van der Waals surface area (Å²) in [5.74, 6) is 0.601. The summed E-state index contributed by atoms with van der Waals surface area (Å²) in [5, 5.41) is 3.39. The van der Waals surface area contributed by atoms with Crippen molar-refractivity contribution in [3.63, 3.8) is 0 Å². The van der Waals surface area contributed by atoms with Crippen LogP contribution in [0.1, 0.15) is 35.8 Å². The van der Waals surface area contributed by atoms with Crippen LogP contribution < -0.4 is 5.32 Å². The first-order chi connectivity index (χ1) is 7.97. The van der Waals surface area contributed by atoms with Crippen molar-refractivity contribution in [2.75, 3.05) is 18.8 Å². The van der Waals surface area contributed by atoms with Crippen molar-refractivity contribution in [1.29, 1.82) is 0 Å². The van der Waals surface area contributed by atoms with Crippen LogP contribution >= 0.6 is 11.3 Å². The van der Waals surface area contributed by atoms with Crippen LogP contribution in [0.3, 0.4) is 0 Å². The smallest absolute Gasteiger partial charge is 0.187 e. The first kappa shape index (κ1) is 13.1. The van der Waals surface area contributed by atoms with Gasteiger partial charge in [-0.1, -0.05) is 13.8 Å². The van der Waals surface area contributed by atoms with Gasteiger partial charge in [0.1, 0.15) is 4.21 Å². The third-order valence-corrected chi connectivity index (χ3v) is 7.17. The molecule has 1 aliphatic rings. The molecular formula is C12H19NO2S2. The Kier molecular flexibility index (Phi) is 3.61. The maximum atomic E-state index is 12.0. The minimum atomic E-state index is -3.06. The summed E-state index contributed by atoms with van der Waals surface area (Å²) < 4.78 is 24.7. The lowest BCUT2D eigenvalue weighted by atomic mass is 9.98. The van der Waals surface area contributed by atoms with Crippen molar-refractivity contribution in [1.82, 2.24) is 5.32 Å². The molecule has 17 heavy (non-hydrogen) atoms. The standard InChI is InChI=1S/C12H19NO2S2/c1-4-17(14,15)12-9(3)11-8(2)7-13-6-5-10(11)16-12/h8,13H,4-7H2,1-3H3. The minimum Gasteiger partial charge on any atom is -0.316 e. The number of hydrogen-bond donors (Lipinski definition) is 1. The van der Waals surface area contributed by atoms with E-state index in [9.17, 15) is 8.42 Å². The van der Waals surface area contributed by atoms with E-state index in [0.29, 0.717) is 10.1 Å². The largest absolute Gasteiger partial charge is 0.316 e. The van der Waals surface area contributed by atoms with Gasteiger partial charge in [0, 0.05) is 11.4 Å². The summed E-state index contributed by atoms with van der Waals surface area (Å²) in [5.41, 5.74) is 2.26. The molecule has 96 valence electrons. The molecule has 0 bridgehead atoms. The van der Waals surface area contributed by atoms with Gasteiger partial charge in [-0.15, -0.1) is 11.3 Å². The average molecular weight is 273 g/mol. The van der Waals surface area contributed by atoms with Crippen molar-refractivity contribution >= 4 is 21.2 Å². The van der Waals surface area contributed by atoms with Gasteiger partial charge < -0.3 is 5.32 Å². The lowest BCUT2D eigenvalue weighted by molar-refractivity contribution is 0.598. The summed E-state index contributed by atoms with van der Waals surface area (Å²) in [7, 11) is -3.06. The van der Waals surface area contributed by atoms with Crippen molar-refractivity contribution in [3.05, 3.63) is 16.0 Å². The molecule has 0 aromatic carbocycles. The fraction of sp³-hybridized carbons (Fsp3) is 0.667. The molecule has 1 N–H and O–H groups in total. The molecule has 5 heteroatoms. The Hall–Kier alpha value is -0.390. The van der Waals surface area contributed by atoms with Gasteiger partial charge in [-0.25, -0.2) is 8.42 Å². The highest BCUT2D eigenvalue weighted by atomic mass is 32.2. The zero-order chi connectivity index (χ0) is 12.6. The van der Waals surface area contributed by atoms with Crippen molar-refractivity contribution in [2.24, 2.45) is 0 Å². The van der Waals surface area contributed by atoms with Crippen LogP contribution in [0, 0.1) is 6.92 Å². The molecule has 0 saturated heterocycles. The van der Waals surface area contributed by atoms with Crippen LogP contribution in [0.2, 0.25) is 0 Å². The third kappa shape index (κ3) is 2.28. The fourth-order valence-corrected chi connectivity index (χ4v) is 5.60. The number of rotatable bonds is 2. The van der Waals surface area contributed by atoms with Crippen LogP contribution in [0.15, 0.2) is 4.21 Å². The molecule has 1 aliphatic heterocycles. The third-order valence-electron chi connectivity index (χ3n) is 3.36. The average Bonchev–Trinajstić information content (AvgIpc) is 2.50. The SMILES string of the molecule is CCS(=O)(=O)c1sc2c(c1C)C(C)CNCC2. The second kappa shape index (κ2) is 4.71. The first-order valence-corrected chi connectivity index (χ1v) is 8.50. The van der Waals surface area contributed by atoms with Crippen molar-refractivity contribution < 1.29 is 8.42 Å². The van der Waals surface area contributed by atoms with Crippen LogP contribution in [-0.2, 0) is 16.3 Å². The minimum absolute atomic E-state index is 0.194. The lowest BCUT2D eigenvalue weighted by Gasteiger charge is -2.10. The molecule has 0 fully saturated rings. The highest BCUT2D eigenvalue weighted by molar-refractivity contribution is 7.93. The predicted octanol–water partition coefficient (Wildman–Crippen LogP) is 2.10. The van der Waals surface area contributed by atoms with Crippen LogP contribution in [0.5, 0.6) is 0 Å². The molecule has 2 rings (SSSR count). The highest BCUT2D eigenvalue weighted by Crippen LogP contribution is 2.37. The molecule has 1 unspecified atom stereocenters. The van der Waals surface area contributed by atoms with Gasteiger partial charge in [0.05, 0.1) is 5.75 Å². The normalized spacial score (nSPS) is 21.0. The Morgan fingerprint density at radius 3 is 2.82 bits per heavy atom. The summed E-state index contributed by atoms with van der Waals surface area (Å²) in [4.78, 5) is 1.26. The van der Waals surface area contributed by atoms with E-state index in [1.807, 2.05) is 6.92 Å². The summed E-state index contributed by atoms with van der Waals surface area (Å²) in [6, 6.07) is 0. The fourth-order valence-electron chi connectivity index (χ4n) is 2.44. The van der Waals surface area contributed by atoms with Gasteiger partial charge in [-0.05, 0) is 36.9 Å². The van der Waals surface area contributed by atoms with Gasteiger partial charge in [-0.2, -0.15) is 0 Å². The number of fused-ring (bicyclic) bond motifs is 1. The van der Waals surface area contributed by atoms with Gasteiger partial charge in [0.2, 0.25) is 0 Å². The zero-order valence-electron chi connectivity index (χ0n) is 10.5. The van der Waals surface area contributed by atoms with E-state index in [0.717, 1.165) is 25.1 Å². The first-order valence-electron chi connectivity index (χ1n) is 6.03. The van der Waals surface area contributed by atoms with Crippen LogP contribution in [-0.4, -0.2) is 27.3 Å². The van der Waals surface area contributed by atoms with Crippen LogP contribution in [0.25, 0.3) is 0 Å². The Balaban J connectivity index is 2.57. The van der Waals surface area contributed by atoms with E-state index < -0.39 is 9.84 Å². The summed E-state index contributed by atoms with van der Waals surface area (Å²) >= 11 is 1.48. The van der Waals surface area contributed by atoms with Gasteiger partial charge >= 0.3 is 0 Å². The molecule has 0 spiro atoms. The topological polar surface area (TPSA) is 46.2 Å². The molecule has 1 atom stereocenters. The monoisotopic (exact) mass is 273 g/mol. The summed E-state index contributed by atoms with van der Waals surface area (Å²) in [6.07, 6.45) is 0.949. The van der Waals surface area contributed by atoms with Crippen molar-refractivity contribution in [3.8, 4) is 0 Å².